The van der Waals surface area contributed by atoms with E-state index in [2.05, 4.69) is 4.99 Å². The molecule has 1 aliphatic rings. The van der Waals surface area contributed by atoms with Crippen LogP contribution in [-0.4, -0.2) is 47.5 Å². The smallest absolute Gasteiger partial charge is 0.266 e. The summed E-state index contributed by atoms with van der Waals surface area (Å²) in [6, 6.07) is 9.64. The SMILES string of the molecule is COc1cc(/C=C2\SC(=Nc3ccc(O)cc3)N(C)C2=O)cc(OC)c1O. The zero-order valence-electron chi connectivity index (χ0n) is 15.0. The number of hydrogen-bond acceptors (Lipinski definition) is 7. The third-order valence-corrected chi connectivity index (χ3v) is 4.94. The Labute approximate surface area is 160 Å². The molecule has 3 rings (SSSR count). The van der Waals surface area contributed by atoms with E-state index in [1.807, 2.05) is 0 Å². The van der Waals surface area contributed by atoms with Gasteiger partial charge in [-0.3, -0.25) is 9.69 Å². The lowest BCUT2D eigenvalue weighted by atomic mass is 10.1. The van der Waals surface area contributed by atoms with Crippen molar-refractivity contribution in [3.05, 3.63) is 46.9 Å². The molecule has 0 spiro atoms. The molecular formula is C19H18N2O5S. The molecule has 8 heteroatoms. The molecule has 2 aromatic carbocycles. The number of rotatable bonds is 4. The predicted molar refractivity (Wildman–Crippen MR) is 105 cm³/mol. The van der Waals surface area contributed by atoms with Gasteiger partial charge < -0.3 is 19.7 Å². The van der Waals surface area contributed by atoms with E-state index in [1.54, 1.807) is 37.4 Å². The molecule has 1 saturated heterocycles. The number of nitrogens with zero attached hydrogens (tertiary/aromatic N) is 2. The zero-order valence-corrected chi connectivity index (χ0v) is 15.8. The lowest BCUT2D eigenvalue weighted by Gasteiger charge is -2.09. The predicted octanol–water partition coefficient (Wildman–Crippen LogP) is 3.35. The topological polar surface area (TPSA) is 91.6 Å². The number of carbonyl (C=O) groups excluding carboxylic acids is 1. The van der Waals surface area contributed by atoms with Crippen LogP contribution < -0.4 is 9.47 Å². The maximum Gasteiger partial charge on any atom is 0.266 e. The number of phenolic OH excluding ortho intramolecular Hbond substituents is 2. The van der Waals surface area contributed by atoms with Gasteiger partial charge in [0.2, 0.25) is 5.75 Å². The summed E-state index contributed by atoms with van der Waals surface area (Å²) < 4.78 is 10.3. The van der Waals surface area contributed by atoms with Crippen LogP contribution in [0.2, 0.25) is 0 Å². The number of hydrogen-bond donors (Lipinski definition) is 2. The average molecular weight is 386 g/mol. The van der Waals surface area contributed by atoms with Crippen molar-refractivity contribution in [1.29, 1.82) is 0 Å². The highest BCUT2D eigenvalue weighted by Gasteiger charge is 2.30. The van der Waals surface area contributed by atoms with Crippen molar-refractivity contribution in [1.82, 2.24) is 4.90 Å². The van der Waals surface area contributed by atoms with Gasteiger partial charge in [-0.05, 0) is 59.8 Å². The quantitative estimate of drug-likeness (QED) is 0.783. The summed E-state index contributed by atoms with van der Waals surface area (Å²) in [5.74, 6) is 0.368. The first-order valence-electron chi connectivity index (χ1n) is 7.93. The van der Waals surface area contributed by atoms with Crippen molar-refractivity contribution < 1.29 is 24.5 Å². The molecule has 0 aromatic heterocycles. The number of aliphatic imine (C=N–C) groups is 1. The molecule has 0 radical (unpaired) electrons. The Morgan fingerprint density at radius 2 is 1.67 bits per heavy atom. The standard InChI is InChI=1S/C19H18N2O5S/c1-21-18(24)16(27-19(21)20-12-4-6-13(22)7-5-12)10-11-8-14(25-2)17(23)15(9-11)26-3/h4-10,22-23H,1-3H3/b16-10-,20-19?. The number of amides is 1. The first-order valence-corrected chi connectivity index (χ1v) is 8.75. The number of amidine groups is 1. The number of likely N-dealkylation sites (N-methyl/N-ethyl adjacent to an activating group) is 1. The second-order valence-corrected chi connectivity index (χ2v) is 6.67. The third kappa shape index (κ3) is 3.85. The van der Waals surface area contributed by atoms with Crippen LogP contribution in [0.3, 0.4) is 0 Å². The van der Waals surface area contributed by atoms with Crippen molar-refractivity contribution in [3.63, 3.8) is 0 Å². The molecule has 7 nitrogen and oxygen atoms in total. The fraction of sp³-hybridized carbons (Fsp3) is 0.158. The van der Waals surface area contributed by atoms with Crippen molar-refractivity contribution >= 4 is 34.6 Å². The first-order chi connectivity index (χ1) is 12.9. The van der Waals surface area contributed by atoms with Gasteiger partial charge in [0.25, 0.3) is 5.91 Å². The van der Waals surface area contributed by atoms with E-state index in [9.17, 15) is 15.0 Å². The minimum atomic E-state index is -0.191. The number of benzene rings is 2. The van der Waals surface area contributed by atoms with Crippen LogP contribution in [0.25, 0.3) is 6.08 Å². The van der Waals surface area contributed by atoms with E-state index < -0.39 is 0 Å². The van der Waals surface area contributed by atoms with Gasteiger partial charge in [-0.15, -0.1) is 0 Å². The summed E-state index contributed by atoms with van der Waals surface area (Å²) in [6.07, 6.45) is 1.69. The number of methoxy groups -OCH3 is 2. The maximum atomic E-state index is 12.5. The van der Waals surface area contributed by atoms with E-state index in [-0.39, 0.29) is 28.9 Å². The number of phenols is 2. The van der Waals surface area contributed by atoms with Gasteiger partial charge in [-0.1, -0.05) is 0 Å². The molecule has 0 saturated carbocycles. The lowest BCUT2D eigenvalue weighted by molar-refractivity contribution is -0.121. The molecule has 27 heavy (non-hydrogen) atoms. The molecule has 1 amide bonds. The molecule has 0 bridgehead atoms. The Bertz CT molecular complexity index is 913. The summed E-state index contributed by atoms with van der Waals surface area (Å²) >= 11 is 1.23. The highest BCUT2D eigenvalue weighted by molar-refractivity contribution is 8.18. The normalized spacial score (nSPS) is 17.0. The van der Waals surface area contributed by atoms with Crippen LogP contribution in [0.15, 0.2) is 46.3 Å². The summed E-state index contributed by atoms with van der Waals surface area (Å²) in [6.45, 7) is 0. The Morgan fingerprint density at radius 3 is 2.22 bits per heavy atom. The molecule has 2 aromatic rings. The minimum Gasteiger partial charge on any atom is -0.508 e. The Balaban J connectivity index is 1.94. The highest BCUT2D eigenvalue weighted by atomic mass is 32.2. The van der Waals surface area contributed by atoms with Gasteiger partial charge in [-0.2, -0.15) is 0 Å². The summed E-state index contributed by atoms with van der Waals surface area (Å²) in [7, 11) is 4.53. The van der Waals surface area contributed by atoms with Crippen molar-refractivity contribution in [2.75, 3.05) is 21.3 Å². The zero-order chi connectivity index (χ0) is 19.6. The monoisotopic (exact) mass is 386 g/mol. The van der Waals surface area contributed by atoms with E-state index in [1.165, 1.54) is 43.0 Å². The van der Waals surface area contributed by atoms with E-state index in [0.717, 1.165) is 0 Å². The largest absolute Gasteiger partial charge is 0.508 e. The second kappa shape index (κ2) is 7.63. The minimum absolute atomic E-state index is 0.0979. The van der Waals surface area contributed by atoms with Gasteiger partial charge in [0.15, 0.2) is 16.7 Å². The Morgan fingerprint density at radius 1 is 1.07 bits per heavy atom. The van der Waals surface area contributed by atoms with Gasteiger partial charge >= 0.3 is 0 Å². The number of aromatic hydroxyl groups is 2. The van der Waals surface area contributed by atoms with E-state index in [0.29, 0.717) is 21.3 Å². The van der Waals surface area contributed by atoms with Crippen molar-refractivity contribution in [2.24, 2.45) is 4.99 Å². The van der Waals surface area contributed by atoms with Crippen molar-refractivity contribution in [3.8, 4) is 23.0 Å². The average Bonchev–Trinajstić information content (AvgIpc) is 2.92. The fourth-order valence-electron chi connectivity index (χ4n) is 2.44. The molecule has 1 fully saturated rings. The molecule has 0 aliphatic carbocycles. The molecule has 1 heterocycles. The maximum absolute atomic E-state index is 12.5. The first kappa shape index (κ1) is 18.7. The van der Waals surface area contributed by atoms with Gasteiger partial charge in [0, 0.05) is 7.05 Å². The summed E-state index contributed by atoms with van der Waals surface area (Å²) in [4.78, 5) is 18.9. The molecule has 2 N–H and O–H groups in total. The number of thioether (sulfide) groups is 1. The van der Waals surface area contributed by atoms with Gasteiger partial charge in [0.05, 0.1) is 24.8 Å². The van der Waals surface area contributed by atoms with Crippen LogP contribution in [0, 0.1) is 0 Å². The second-order valence-electron chi connectivity index (χ2n) is 5.66. The Hall–Kier alpha value is -3.13. The third-order valence-electron chi connectivity index (χ3n) is 3.88. The van der Waals surface area contributed by atoms with Crippen LogP contribution in [0.1, 0.15) is 5.56 Å². The number of carbonyl (C=O) groups is 1. The lowest BCUT2D eigenvalue weighted by Crippen LogP contribution is -2.23. The Kier molecular flexibility index (Phi) is 5.27. The molecule has 0 atom stereocenters. The van der Waals surface area contributed by atoms with Gasteiger partial charge in [0.1, 0.15) is 5.75 Å². The molecular weight excluding hydrogens is 368 g/mol. The summed E-state index contributed by atoms with van der Waals surface area (Å²) in [5.41, 5.74) is 1.28. The van der Waals surface area contributed by atoms with Crippen molar-refractivity contribution in [2.45, 2.75) is 0 Å². The number of ether oxygens (including phenoxy) is 2. The molecule has 140 valence electrons. The van der Waals surface area contributed by atoms with Crippen LogP contribution in [-0.2, 0) is 4.79 Å². The van der Waals surface area contributed by atoms with Crippen LogP contribution >= 0.6 is 11.8 Å². The van der Waals surface area contributed by atoms with Gasteiger partial charge in [-0.25, -0.2) is 4.99 Å². The van der Waals surface area contributed by atoms with Crippen LogP contribution in [0.5, 0.6) is 23.0 Å². The van der Waals surface area contributed by atoms with E-state index >= 15 is 0 Å². The van der Waals surface area contributed by atoms with E-state index in [4.69, 9.17) is 9.47 Å². The molecule has 1 aliphatic heterocycles. The van der Waals surface area contributed by atoms with Crippen LogP contribution in [0.4, 0.5) is 5.69 Å². The highest BCUT2D eigenvalue weighted by Crippen LogP contribution is 2.39. The summed E-state index contributed by atoms with van der Waals surface area (Å²) in [5, 5.41) is 19.9. The molecule has 0 unspecified atom stereocenters. The fourth-order valence-corrected chi connectivity index (χ4v) is 3.42.